The number of rotatable bonds is 2. The Morgan fingerprint density at radius 2 is 2.27 bits per heavy atom. The molecule has 1 aliphatic heterocycles. The molecule has 2 N–H and O–H groups in total. The highest BCUT2D eigenvalue weighted by Gasteiger charge is 2.33. The fraction of sp³-hybridized carbons (Fsp3) is 0.250. The first-order valence-electron chi connectivity index (χ1n) is 4.06. The van der Waals surface area contributed by atoms with Crippen molar-refractivity contribution >= 4 is 0 Å². The second-order valence-corrected chi connectivity index (χ2v) is 4.17. The van der Waals surface area contributed by atoms with Crippen LogP contribution in [0.15, 0.2) is 12.1 Å². The van der Waals surface area contributed by atoms with Crippen molar-refractivity contribution in [1.29, 1.82) is 0 Å². The fourth-order valence-corrected chi connectivity index (χ4v) is 2.14. The molecule has 15 heavy (non-hydrogen) atoms. The van der Waals surface area contributed by atoms with E-state index in [-0.39, 0.29) is 12.1 Å². The van der Waals surface area contributed by atoms with Gasteiger partial charge in [0, 0.05) is 21.5 Å². The molecule has 1 atom stereocenters. The number of fused-ring (bicyclic) bond motifs is 1. The maximum atomic E-state index is 13.3. The summed E-state index contributed by atoms with van der Waals surface area (Å²) in [7, 11) is 0. The number of benzene rings is 1. The average molecular weight is 280 g/mol. The van der Waals surface area contributed by atoms with E-state index in [1.807, 2.05) is 0 Å². The minimum atomic E-state index is -3.35. The summed E-state index contributed by atoms with van der Waals surface area (Å²) in [5.74, 6) is -1.19. The van der Waals surface area contributed by atoms with E-state index in [1.165, 1.54) is 12.1 Å². The third-order valence-corrected chi connectivity index (χ3v) is 2.85. The summed E-state index contributed by atoms with van der Waals surface area (Å²) >= 11 is -3.35. The highest BCUT2D eigenvalue weighted by Crippen LogP contribution is 2.32. The number of hydrogen-bond donors (Lipinski definition) is 2. The second-order valence-electron chi connectivity index (χ2n) is 3.01. The van der Waals surface area contributed by atoms with Gasteiger partial charge in [0.25, 0.3) is 0 Å². The second kappa shape index (κ2) is 4.03. The van der Waals surface area contributed by atoms with E-state index in [4.69, 9.17) is 5.11 Å². The molecule has 1 heterocycles. The molecule has 0 fully saturated rings. The van der Waals surface area contributed by atoms with Gasteiger partial charge in [0.1, 0.15) is 0 Å². The monoisotopic (exact) mass is 279 g/mol. The molecule has 1 aromatic rings. The Labute approximate surface area is 89.9 Å². The number of hydrogen-bond acceptors (Lipinski definition) is 5. The highest BCUT2D eigenvalue weighted by atomic mass is 80.0. The molecule has 0 amide bonds. The standard InChI is InChI=1S/C8H7BrFNO4/c10-7-5-3-11-8(15-9(13)14)4(5)1-2-6(7)12/h1-2,8,11-12H,3H2. The van der Waals surface area contributed by atoms with E-state index in [0.717, 1.165) is 0 Å². The van der Waals surface area contributed by atoms with Crippen LogP contribution >= 0.6 is 0 Å². The van der Waals surface area contributed by atoms with Crippen LogP contribution in [0, 0.1) is 20.6 Å². The van der Waals surface area contributed by atoms with Crippen LogP contribution in [-0.4, -0.2) is 5.11 Å². The quantitative estimate of drug-likeness (QED) is 0.705. The molecule has 82 valence electrons. The third kappa shape index (κ3) is 1.97. The summed E-state index contributed by atoms with van der Waals surface area (Å²) in [4.78, 5) is 0. The van der Waals surface area contributed by atoms with Crippen molar-refractivity contribution in [2.75, 3.05) is 0 Å². The minimum absolute atomic E-state index is 0.135. The summed E-state index contributed by atoms with van der Waals surface area (Å²) < 4.78 is 38.7. The molecule has 0 saturated carbocycles. The molecule has 0 aromatic heterocycles. The van der Waals surface area contributed by atoms with E-state index in [9.17, 15) is 12.8 Å². The van der Waals surface area contributed by atoms with Crippen LogP contribution in [0.3, 0.4) is 0 Å². The van der Waals surface area contributed by atoms with E-state index in [0.29, 0.717) is 5.56 Å². The van der Waals surface area contributed by atoms with E-state index in [2.05, 4.69) is 9.15 Å². The van der Waals surface area contributed by atoms with Gasteiger partial charge in [-0.05, 0) is 6.07 Å². The van der Waals surface area contributed by atoms with Crippen LogP contribution in [0.4, 0.5) is 4.39 Å². The number of phenolic OH excluding ortho intramolecular Hbond substituents is 1. The SMILES string of the molecule is [O-][Br+2]([O-])OC1NCc2c1ccc(O)c2F. The summed E-state index contributed by atoms with van der Waals surface area (Å²) in [5, 5.41) is 11.8. The van der Waals surface area contributed by atoms with Crippen LogP contribution in [0.1, 0.15) is 17.4 Å². The van der Waals surface area contributed by atoms with Gasteiger partial charge in [-0.1, -0.05) is 6.07 Å². The van der Waals surface area contributed by atoms with Gasteiger partial charge in [-0.2, -0.15) is 0 Å². The van der Waals surface area contributed by atoms with E-state index < -0.39 is 32.6 Å². The predicted molar refractivity (Wildman–Crippen MR) is 38.7 cm³/mol. The topological polar surface area (TPSA) is 87.6 Å². The molecule has 0 aliphatic carbocycles. The Kier molecular flexibility index (Phi) is 2.89. The van der Waals surface area contributed by atoms with Crippen LogP contribution in [0.5, 0.6) is 5.75 Å². The number of nitrogens with one attached hydrogen (secondary N) is 1. The molecule has 1 unspecified atom stereocenters. The van der Waals surface area contributed by atoms with Gasteiger partial charge >= 0.3 is 14.8 Å². The van der Waals surface area contributed by atoms with Crippen molar-refractivity contribution in [2.45, 2.75) is 12.8 Å². The van der Waals surface area contributed by atoms with Gasteiger partial charge in [-0.15, -0.1) is 0 Å². The zero-order valence-electron chi connectivity index (χ0n) is 7.37. The largest absolute Gasteiger partial charge is 0.505 e. The lowest BCUT2D eigenvalue weighted by Gasteiger charge is -2.05. The Hall–Kier alpha value is -0.730. The van der Waals surface area contributed by atoms with E-state index >= 15 is 0 Å². The number of phenols is 1. The first kappa shape index (κ1) is 10.8. The van der Waals surface area contributed by atoms with Crippen molar-refractivity contribution in [3.8, 4) is 5.75 Å². The molecule has 5 nitrogen and oxygen atoms in total. The molecular weight excluding hydrogens is 273 g/mol. The van der Waals surface area contributed by atoms with Gasteiger partial charge < -0.3 is 13.5 Å². The Balaban J connectivity index is 2.32. The van der Waals surface area contributed by atoms with Crippen molar-refractivity contribution in [3.05, 3.63) is 29.1 Å². The zero-order chi connectivity index (χ0) is 11.0. The molecule has 0 saturated heterocycles. The van der Waals surface area contributed by atoms with Crippen LogP contribution in [0.25, 0.3) is 0 Å². The van der Waals surface area contributed by atoms with Gasteiger partial charge in [-0.3, -0.25) is 5.32 Å². The van der Waals surface area contributed by atoms with Crippen molar-refractivity contribution in [3.63, 3.8) is 0 Å². The lowest BCUT2D eigenvalue weighted by atomic mass is 10.1. The molecular formula is C8H7BrFNO4. The molecule has 2 rings (SSSR count). The maximum Gasteiger partial charge on any atom is 0.439 e. The Bertz CT molecular complexity index is 387. The number of halogens is 2. The normalized spacial score (nSPS) is 19.6. The zero-order valence-corrected chi connectivity index (χ0v) is 8.95. The maximum absolute atomic E-state index is 13.3. The summed E-state index contributed by atoms with van der Waals surface area (Å²) in [6.45, 7) is 0.135. The van der Waals surface area contributed by atoms with Gasteiger partial charge in [-0.25, -0.2) is 4.39 Å². The summed E-state index contributed by atoms with van der Waals surface area (Å²) in [5.41, 5.74) is 0.642. The molecule has 1 aliphatic rings. The summed E-state index contributed by atoms with van der Waals surface area (Å²) in [6, 6.07) is 2.60. The molecule has 0 spiro atoms. The first-order valence-corrected chi connectivity index (χ1v) is 6.00. The van der Waals surface area contributed by atoms with Gasteiger partial charge in [0.2, 0.25) is 6.23 Å². The van der Waals surface area contributed by atoms with Crippen molar-refractivity contribution in [2.24, 2.45) is 0 Å². The van der Waals surface area contributed by atoms with Crippen molar-refractivity contribution in [1.82, 2.24) is 5.32 Å². The van der Waals surface area contributed by atoms with Gasteiger partial charge in [0.15, 0.2) is 11.6 Å². The Morgan fingerprint density at radius 3 is 2.93 bits per heavy atom. The predicted octanol–water partition coefficient (Wildman–Crippen LogP) is -1.26. The Morgan fingerprint density at radius 1 is 1.53 bits per heavy atom. The summed E-state index contributed by atoms with van der Waals surface area (Å²) in [6.07, 6.45) is -0.847. The molecule has 0 bridgehead atoms. The van der Waals surface area contributed by atoms with Crippen LogP contribution in [-0.2, 0) is 10.4 Å². The van der Waals surface area contributed by atoms with E-state index in [1.54, 1.807) is 0 Å². The van der Waals surface area contributed by atoms with Crippen LogP contribution < -0.4 is 13.7 Å². The lowest BCUT2D eigenvalue weighted by Crippen LogP contribution is -2.37. The van der Waals surface area contributed by atoms with Crippen molar-refractivity contribution < 1.29 is 36.5 Å². The minimum Gasteiger partial charge on any atom is -0.505 e. The fourth-order valence-electron chi connectivity index (χ4n) is 1.51. The highest BCUT2D eigenvalue weighted by molar-refractivity contribution is 5.40. The molecule has 1 aromatic carbocycles. The lowest BCUT2D eigenvalue weighted by molar-refractivity contribution is -1.63. The third-order valence-electron chi connectivity index (χ3n) is 2.17. The van der Waals surface area contributed by atoms with Crippen LogP contribution in [0.2, 0.25) is 0 Å². The first-order chi connectivity index (χ1) is 7.09. The average Bonchev–Trinajstić information content (AvgIpc) is 2.55. The smallest absolute Gasteiger partial charge is 0.439 e. The number of aromatic hydroxyl groups is 1. The van der Waals surface area contributed by atoms with Gasteiger partial charge in [0.05, 0.1) is 0 Å². The molecule has 0 radical (unpaired) electrons. The molecule has 7 heteroatoms.